The fourth-order valence-electron chi connectivity index (χ4n) is 4.56. The van der Waals surface area contributed by atoms with Gasteiger partial charge < -0.3 is 4.90 Å². The van der Waals surface area contributed by atoms with Crippen LogP contribution in [0.1, 0.15) is 69.8 Å². The second kappa shape index (κ2) is 9.35. The second-order valence-corrected chi connectivity index (χ2v) is 11.9. The molecule has 32 heavy (non-hydrogen) atoms. The standard InChI is InChI=1S/C24H31N3O3S2/c1-24(2,3)17-6-7-18-16(13-17)14-20(32-18)22(29)26-25-21(28)15-8-10-27(11-9-15)23(30)19-5-4-12-31-19/h4-5,12,14-15,17H,6-11,13H2,1-3H3,(H,25,28)(H,26,29)/t17-/m0/s1. The van der Waals surface area contributed by atoms with E-state index in [0.29, 0.717) is 36.7 Å². The normalized spacial score (nSPS) is 19.3. The van der Waals surface area contributed by atoms with E-state index in [4.69, 9.17) is 0 Å². The minimum absolute atomic E-state index is 0.0301. The van der Waals surface area contributed by atoms with E-state index in [-0.39, 0.29) is 29.1 Å². The zero-order valence-electron chi connectivity index (χ0n) is 18.9. The molecule has 6 nitrogen and oxygen atoms in total. The summed E-state index contributed by atoms with van der Waals surface area (Å²) in [6, 6.07) is 5.69. The minimum atomic E-state index is -0.254. The number of hydrazine groups is 1. The first-order valence-corrected chi connectivity index (χ1v) is 13.0. The first-order chi connectivity index (χ1) is 15.2. The number of nitrogens with one attached hydrogen (secondary N) is 2. The lowest BCUT2D eigenvalue weighted by Gasteiger charge is -2.33. The average Bonchev–Trinajstić information content (AvgIpc) is 3.45. The van der Waals surface area contributed by atoms with Crippen LogP contribution in [0, 0.1) is 17.3 Å². The Morgan fingerprint density at radius 3 is 2.47 bits per heavy atom. The van der Waals surface area contributed by atoms with Crippen molar-refractivity contribution >= 4 is 40.4 Å². The van der Waals surface area contributed by atoms with Crippen molar-refractivity contribution in [2.24, 2.45) is 17.3 Å². The van der Waals surface area contributed by atoms with Gasteiger partial charge in [0.05, 0.1) is 9.75 Å². The molecule has 3 amide bonds. The van der Waals surface area contributed by atoms with E-state index < -0.39 is 0 Å². The number of likely N-dealkylation sites (tertiary alicyclic amines) is 1. The predicted octanol–water partition coefficient (Wildman–Crippen LogP) is 4.27. The van der Waals surface area contributed by atoms with Gasteiger partial charge >= 0.3 is 0 Å². The Balaban J connectivity index is 1.26. The van der Waals surface area contributed by atoms with E-state index >= 15 is 0 Å². The molecule has 1 saturated heterocycles. The summed E-state index contributed by atoms with van der Waals surface area (Å²) in [6.45, 7) is 7.94. The summed E-state index contributed by atoms with van der Waals surface area (Å²) in [5, 5.41) is 1.89. The van der Waals surface area contributed by atoms with Crippen LogP contribution in [0.5, 0.6) is 0 Å². The molecule has 3 heterocycles. The molecule has 2 N–H and O–H groups in total. The highest BCUT2D eigenvalue weighted by Crippen LogP contribution is 2.40. The molecular formula is C24H31N3O3S2. The molecule has 0 spiro atoms. The van der Waals surface area contributed by atoms with E-state index in [1.807, 2.05) is 23.6 Å². The molecule has 1 aliphatic heterocycles. The molecule has 4 rings (SSSR count). The number of thiophene rings is 2. The zero-order valence-corrected chi connectivity index (χ0v) is 20.5. The maximum absolute atomic E-state index is 12.6. The molecule has 8 heteroatoms. The number of rotatable bonds is 3. The van der Waals surface area contributed by atoms with Crippen LogP contribution in [-0.2, 0) is 17.6 Å². The summed E-state index contributed by atoms with van der Waals surface area (Å²) >= 11 is 2.97. The summed E-state index contributed by atoms with van der Waals surface area (Å²) in [5.41, 5.74) is 6.74. The first kappa shape index (κ1) is 23.0. The van der Waals surface area contributed by atoms with Gasteiger partial charge in [-0.2, -0.15) is 0 Å². The lowest BCUT2D eigenvalue weighted by molar-refractivity contribution is -0.127. The molecule has 172 valence electrons. The number of hydrogen-bond acceptors (Lipinski definition) is 5. The largest absolute Gasteiger partial charge is 0.338 e. The number of amides is 3. The number of hydrogen-bond donors (Lipinski definition) is 2. The van der Waals surface area contributed by atoms with Crippen LogP contribution < -0.4 is 10.9 Å². The maximum atomic E-state index is 12.6. The lowest BCUT2D eigenvalue weighted by atomic mass is 9.72. The molecule has 0 unspecified atom stereocenters. The molecule has 0 radical (unpaired) electrons. The summed E-state index contributed by atoms with van der Waals surface area (Å²) in [4.78, 5) is 42.1. The van der Waals surface area contributed by atoms with Gasteiger partial charge in [-0.05, 0) is 66.5 Å². The van der Waals surface area contributed by atoms with Gasteiger partial charge in [0.25, 0.3) is 11.8 Å². The Labute approximate surface area is 197 Å². The van der Waals surface area contributed by atoms with Gasteiger partial charge in [-0.1, -0.05) is 26.8 Å². The molecule has 0 bridgehead atoms. The van der Waals surface area contributed by atoms with Crippen LogP contribution in [0.25, 0.3) is 0 Å². The zero-order chi connectivity index (χ0) is 22.9. The molecule has 1 atom stereocenters. The van der Waals surface area contributed by atoms with Crippen molar-refractivity contribution in [2.75, 3.05) is 13.1 Å². The highest BCUT2D eigenvalue weighted by Gasteiger charge is 2.31. The van der Waals surface area contributed by atoms with E-state index in [0.717, 1.165) is 24.1 Å². The summed E-state index contributed by atoms with van der Waals surface area (Å²) in [6.07, 6.45) is 4.38. The number of carbonyl (C=O) groups is 3. The van der Waals surface area contributed by atoms with Gasteiger partial charge in [0, 0.05) is 23.9 Å². The van der Waals surface area contributed by atoms with Crippen LogP contribution in [0.3, 0.4) is 0 Å². The fraction of sp³-hybridized carbons (Fsp3) is 0.542. The summed E-state index contributed by atoms with van der Waals surface area (Å²) in [5.74, 6) is 0.0122. The quantitative estimate of drug-likeness (QED) is 0.654. The van der Waals surface area contributed by atoms with Crippen molar-refractivity contribution in [1.82, 2.24) is 15.8 Å². The second-order valence-electron chi connectivity index (χ2n) is 9.85. The van der Waals surface area contributed by atoms with Crippen LogP contribution in [0.15, 0.2) is 23.6 Å². The van der Waals surface area contributed by atoms with Crippen molar-refractivity contribution in [3.63, 3.8) is 0 Å². The smallest absolute Gasteiger partial charge is 0.279 e. The number of fused-ring (bicyclic) bond motifs is 1. The van der Waals surface area contributed by atoms with Crippen LogP contribution in [-0.4, -0.2) is 35.7 Å². The third kappa shape index (κ3) is 5.07. The molecular weight excluding hydrogens is 442 g/mol. The highest BCUT2D eigenvalue weighted by atomic mass is 32.1. The van der Waals surface area contributed by atoms with Crippen LogP contribution in [0.4, 0.5) is 0 Å². The van der Waals surface area contributed by atoms with Crippen molar-refractivity contribution in [3.05, 3.63) is 43.8 Å². The molecule has 2 aromatic heterocycles. The minimum Gasteiger partial charge on any atom is -0.338 e. The van der Waals surface area contributed by atoms with Gasteiger partial charge in [-0.25, -0.2) is 0 Å². The molecule has 2 aliphatic rings. The van der Waals surface area contributed by atoms with Crippen molar-refractivity contribution in [1.29, 1.82) is 0 Å². The van der Waals surface area contributed by atoms with Gasteiger partial charge in [0.15, 0.2) is 0 Å². The molecule has 2 aromatic rings. The molecule has 1 aliphatic carbocycles. The summed E-state index contributed by atoms with van der Waals surface area (Å²) in [7, 11) is 0. The number of nitrogens with zero attached hydrogens (tertiary/aromatic N) is 1. The van der Waals surface area contributed by atoms with Gasteiger partial charge in [0.1, 0.15) is 0 Å². The van der Waals surface area contributed by atoms with E-state index in [1.54, 1.807) is 4.90 Å². The third-order valence-corrected chi connectivity index (χ3v) is 8.81. The van der Waals surface area contributed by atoms with Crippen LogP contribution >= 0.6 is 22.7 Å². The average molecular weight is 474 g/mol. The number of piperidine rings is 1. The number of aryl methyl sites for hydroxylation is 1. The Kier molecular flexibility index (Phi) is 6.72. The molecule has 0 aromatic carbocycles. The Hall–Kier alpha value is -2.19. The monoisotopic (exact) mass is 473 g/mol. The van der Waals surface area contributed by atoms with Crippen LogP contribution in [0.2, 0.25) is 0 Å². The lowest BCUT2D eigenvalue weighted by Crippen LogP contribution is -2.48. The Bertz CT molecular complexity index is 983. The number of carbonyl (C=O) groups excluding carboxylic acids is 3. The van der Waals surface area contributed by atoms with Crippen molar-refractivity contribution in [2.45, 2.75) is 52.9 Å². The summed E-state index contributed by atoms with van der Waals surface area (Å²) < 4.78 is 0. The third-order valence-electron chi connectivity index (χ3n) is 6.72. The Morgan fingerprint density at radius 2 is 1.81 bits per heavy atom. The van der Waals surface area contributed by atoms with Crippen molar-refractivity contribution in [3.8, 4) is 0 Å². The fourth-order valence-corrected chi connectivity index (χ4v) is 6.35. The van der Waals surface area contributed by atoms with E-state index in [9.17, 15) is 14.4 Å². The van der Waals surface area contributed by atoms with Gasteiger partial charge in [-0.3, -0.25) is 25.2 Å². The maximum Gasteiger partial charge on any atom is 0.279 e. The topological polar surface area (TPSA) is 78.5 Å². The first-order valence-electron chi connectivity index (χ1n) is 11.3. The Morgan fingerprint density at radius 1 is 1.06 bits per heavy atom. The molecule has 1 fully saturated rings. The van der Waals surface area contributed by atoms with Crippen molar-refractivity contribution < 1.29 is 14.4 Å². The predicted molar refractivity (Wildman–Crippen MR) is 128 cm³/mol. The highest BCUT2D eigenvalue weighted by molar-refractivity contribution is 7.14. The SMILES string of the molecule is CC(C)(C)[C@H]1CCc2sc(C(=O)NNC(=O)C3CCN(C(=O)c4cccs4)CC3)cc2C1. The molecule has 0 saturated carbocycles. The van der Waals surface area contributed by atoms with Gasteiger partial charge in [0.2, 0.25) is 5.91 Å². The van der Waals surface area contributed by atoms with E-state index in [2.05, 4.69) is 31.6 Å². The van der Waals surface area contributed by atoms with Gasteiger partial charge in [-0.15, -0.1) is 22.7 Å². The van der Waals surface area contributed by atoms with E-state index in [1.165, 1.54) is 33.1 Å².